The summed E-state index contributed by atoms with van der Waals surface area (Å²) in [5, 5.41) is 3.30. The van der Waals surface area contributed by atoms with E-state index in [0.717, 1.165) is 38.0 Å². The summed E-state index contributed by atoms with van der Waals surface area (Å²) < 4.78 is 28.4. The Labute approximate surface area is 121 Å². The molecule has 1 fully saturated rings. The normalized spacial score (nSPS) is 23.5. The zero-order valence-electron chi connectivity index (χ0n) is 12.1. The third-order valence-electron chi connectivity index (χ3n) is 3.99. The van der Waals surface area contributed by atoms with Gasteiger partial charge in [-0.05, 0) is 37.0 Å². The van der Waals surface area contributed by atoms with Crippen LogP contribution in [0.4, 0.5) is 0 Å². The van der Waals surface area contributed by atoms with Gasteiger partial charge in [0.25, 0.3) is 0 Å². The number of nitrogens with one attached hydrogen (secondary N) is 1. The maximum atomic E-state index is 11.6. The van der Waals surface area contributed by atoms with Crippen molar-refractivity contribution in [3.05, 3.63) is 29.8 Å². The van der Waals surface area contributed by atoms with Gasteiger partial charge in [-0.15, -0.1) is 0 Å². The van der Waals surface area contributed by atoms with E-state index in [2.05, 4.69) is 5.32 Å². The third kappa shape index (κ3) is 4.21. The molecule has 0 heterocycles. The highest BCUT2D eigenvalue weighted by Crippen LogP contribution is 2.24. The summed E-state index contributed by atoms with van der Waals surface area (Å²) >= 11 is 0. The smallest absolute Gasteiger partial charge is 0.150 e. The summed E-state index contributed by atoms with van der Waals surface area (Å²) in [7, 11) is -1.25. The lowest BCUT2D eigenvalue weighted by Gasteiger charge is -2.28. The van der Waals surface area contributed by atoms with E-state index in [1.807, 2.05) is 24.3 Å². The molecule has 0 saturated heterocycles. The number of hydrogen-bond donors (Lipinski definition) is 1. The number of ether oxygens (including phenoxy) is 1. The first-order valence-electron chi connectivity index (χ1n) is 7.04. The van der Waals surface area contributed by atoms with Crippen molar-refractivity contribution < 1.29 is 13.2 Å². The SMILES string of the molecule is COc1ccc(CNC2CCCC(S(C)(=O)=O)C2)cc1. The van der Waals surface area contributed by atoms with Crippen LogP contribution in [0.1, 0.15) is 31.2 Å². The molecule has 1 aliphatic carbocycles. The first kappa shape index (κ1) is 15.3. The van der Waals surface area contributed by atoms with Gasteiger partial charge in [0.05, 0.1) is 12.4 Å². The van der Waals surface area contributed by atoms with E-state index < -0.39 is 9.84 Å². The Balaban J connectivity index is 1.87. The van der Waals surface area contributed by atoms with Crippen molar-refractivity contribution >= 4 is 9.84 Å². The minimum Gasteiger partial charge on any atom is -0.497 e. The summed E-state index contributed by atoms with van der Waals surface area (Å²) in [6.45, 7) is 0.769. The Morgan fingerprint density at radius 3 is 2.55 bits per heavy atom. The minimum absolute atomic E-state index is 0.176. The van der Waals surface area contributed by atoms with E-state index >= 15 is 0 Å². The Hall–Kier alpha value is -1.07. The highest BCUT2D eigenvalue weighted by Gasteiger charge is 2.28. The van der Waals surface area contributed by atoms with Crippen molar-refractivity contribution in [2.24, 2.45) is 0 Å². The largest absolute Gasteiger partial charge is 0.497 e. The van der Waals surface area contributed by atoms with Crippen LogP contribution in [0.2, 0.25) is 0 Å². The van der Waals surface area contributed by atoms with Gasteiger partial charge >= 0.3 is 0 Å². The molecular formula is C15H23NO3S. The van der Waals surface area contributed by atoms with Crippen molar-refractivity contribution in [1.29, 1.82) is 0 Å². The molecule has 2 atom stereocenters. The molecule has 0 radical (unpaired) electrons. The second-order valence-electron chi connectivity index (χ2n) is 5.54. The molecule has 0 amide bonds. The molecule has 0 bridgehead atoms. The lowest BCUT2D eigenvalue weighted by molar-refractivity contribution is 0.370. The number of sulfone groups is 1. The molecule has 0 spiro atoms. The average Bonchev–Trinajstić information content (AvgIpc) is 2.45. The fourth-order valence-electron chi connectivity index (χ4n) is 2.72. The van der Waals surface area contributed by atoms with Crippen LogP contribution in [0.15, 0.2) is 24.3 Å². The molecular weight excluding hydrogens is 274 g/mol. The van der Waals surface area contributed by atoms with E-state index in [4.69, 9.17) is 4.74 Å². The molecule has 5 heteroatoms. The highest BCUT2D eigenvalue weighted by molar-refractivity contribution is 7.91. The van der Waals surface area contributed by atoms with Crippen LogP contribution in [0, 0.1) is 0 Å². The summed E-state index contributed by atoms with van der Waals surface area (Å²) in [6, 6.07) is 8.24. The zero-order chi connectivity index (χ0) is 14.6. The lowest BCUT2D eigenvalue weighted by atomic mass is 9.95. The fraction of sp³-hybridized carbons (Fsp3) is 0.600. The quantitative estimate of drug-likeness (QED) is 0.904. The van der Waals surface area contributed by atoms with E-state index in [1.54, 1.807) is 7.11 Å². The number of benzene rings is 1. The van der Waals surface area contributed by atoms with Crippen molar-refractivity contribution in [2.45, 2.75) is 43.5 Å². The Bertz CT molecular complexity index is 525. The minimum atomic E-state index is -2.91. The van der Waals surface area contributed by atoms with Gasteiger partial charge in [0.1, 0.15) is 15.6 Å². The predicted octanol–water partition coefficient (Wildman–Crippen LogP) is 2.14. The first-order chi connectivity index (χ1) is 9.49. The van der Waals surface area contributed by atoms with Crippen LogP contribution in [0.5, 0.6) is 5.75 Å². The Morgan fingerprint density at radius 2 is 1.95 bits per heavy atom. The van der Waals surface area contributed by atoms with Crippen molar-refractivity contribution in [3.8, 4) is 5.75 Å². The summed E-state index contributed by atoms with van der Waals surface area (Å²) in [5.41, 5.74) is 1.19. The molecule has 112 valence electrons. The van der Waals surface area contributed by atoms with Gasteiger partial charge < -0.3 is 10.1 Å². The van der Waals surface area contributed by atoms with Gasteiger partial charge in [0.15, 0.2) is 0 Å². The lowest BCUT2D eigenvalue weighted by Crippen LogP contribution is -2.38. The monoisotopic (exact) mass is 297 g/mol. The van der Waals surface area contributed by atoms with E-state index in [0.29, 0.717) is 6.04 Å². The molecule has 4 nitrogen and oxygen atoms in total. The topological polar surface area (TPSA) is 55.4 Å². The van der Waals surface area contributed by atoms with Crippen molar-refractivity contribution in [2.75, 3.05) is 13.4 Å². The van der Waals surface area contributed by atoms with Crippen molar-refractivity contribution in [3.63, 3.8) is 0 Å². The maximum Gasteiger partial charge on any atom is 0.150 e. The van der Waals surface area contributed by atoms with E-state index in [1.165, 1.54) is 11.8 Å². The molecule has 1 N–H and O–H groups in total. The van der Waals surface area contributed by atoms with Gasteiger partial charge in [-0.2, -0.15) is 0 Å². The summed E-state index contributed by atoms with van der Waals surface area (Å²) in [6.07, 6.45) is 4.93. The zero-order valence-corrected chi connectivity index (χ0v) is 12.9. The molecule has 1 saturated carbocycles. The number of methoxy groups -OCH3 is 1. The second kappa shape index (κ2) is 6.59. The number of rotatable bonds is 5. The molecule has 2 unspecified atom stereocenters. The van der Waals surface area contributed by atoms with Crippen molar-refractivity contribution in [1.82, 2.24) is 5.32 Å². The first-order valence-corrected chi connectivity index (χ1v) is 8.99. The molecule has 1 aliphatic rings. The van der Waals surface area contributed by atoms with Gasteiger partial charge in [0, 0.05) is 18.8 Å². The fourth-order valence-corrected chi connectivity index (χ4v) is 3.90. The summed E-state index contributed by atoms with van der Waals surface area (Å²) in [5.74, 6) is 0.851. The predicted molar refractivity (Wildman–Crippen MR) is 80.7 cm³/mol. The van der Waals surface area contributed by atoms with Gasteiger partial charge in [-0.3, -0.25) is 0 Å². The maximum absolute atomic E-state index is 11.6. The van der Waals surface area contributed by atoms with Crippen LogP contribution in [-0.4, -0.2) is 33.1 Å². The molecule has 2 rings (SSSR count). The van der Waals surface area contributed by atoms with Crippen LogP contribution in [-0.2, 0) is 16.4 Å². The Kier molecular flexibility index (Phi) is 5.05. The van der Waals surface area contributed by atoms with Gasteiger partial charge in [-0.25, -0.2) is 8.42 Å². The average molecular weight is 297 g/mol. The van der Waals surface area contributed by atoms with Crippen LogP contribution in [0.25, 0.3) is 0 Å². The molecule has 0 aromatic heterocycles. The standard InChI is InChI=1S/C15H23NO3S/c1-19-14-8-6-12(7-9-14)11-16-13-4-3-5-15(10-13)20(2,17)18/h6-9,13,15-16H,3-5,10-11H2,1-2H3. The third-order valence-corrected chi connectivity index (χ3v) is 5.62. The van der Waals surface area contributed by atoms with E-state index in [9.17, 15) is 8.42 Å². The number of hydrogen-bond acceptors (Lipinski definition) is 4. The van der Waals surface area contributed by atoms with Crippen LogP contribution < -0.4 is 10.1 Å². The van der Waals surface area contributed by atoms with Gasteiger partial charge in [-0.1, -0.05) is 18.6 Å². The molecule has 20 heavy (non-hydrogen) atoms. The van der Waals surface area contributed by atoms with Gasteiger partial charge in [0.2, 0.25) is 0 Å². The van der Waals surface area contributed by atoms with E-state index in [-0.39, 0.29) is 5.25 Å². The summed E-state index contributed by atoms with van der Waals surface area (Å²) in [4.78, 5) is 0. The van der Waals surface area contributed by atoms with Crippen LogP contribution in [0.3, 0.4) is 0 Å². The Morgan fingerprint density at radius 1 is 1.25 bits per heavy atom. The molecule has 1 aromatic rings. The molecule has 0 aliphatic heterocycles. The molecule has 1 aromatic carbocycles. The second-order valence-corrected chi connectivity index (χ2v) is 7.87. The van der Waals surface area contributed by atoms with Crippen LogP contribution >= 0.6 is 0 Å². The highest BCUT2D eigenvalue weighted by atomic mass is 32.2.